The fourth-order valence-electron chi connectivity index (χ4n) is 3.95. The van der Waals surface area contributed by atoms with Crippen molar-refractivity contribution >= 4 is 0 Å². The maximum Gasteiger partial charge on any atom is 0.0443 e. The van der Waals surface area contributed by atoms with E-state index in [9.17, 15) is 0 Å². The fraction of sp³-hybridized carbons (Fsp3) is 1.00. The van der Waals surface area contributed by atoms with Crippen LogP contribution >= 0.6 is 0 Å². The van der Waals surface area contributed by atoms with Crippen LogP contribution in [-0.4, -0.2) is 60.3 Å². The van der Waals surface area contributed by atoms with Crippen molar-refractivity contribution in [1.29, 1.82) is 0 Å². The molecule has 1 N–H and O–H groups in total. The third-order valence-electron chi connectivity index (χ3n) is 5.59. The zero-order chi connectivity index (χ0) is 17.5. The van der Waals surface area contributed by atoms with Gasteiger partial charge in [0, 0.05) is 45.4 Å². The zero-order valence-electron chi connectivity index (χ0n) is 16.6. The van der Waals surface area contributed by atoms with Gasteiger partial charge in [0.15, 0.2) is 0 Å². The molecule has 3 heteroatoms. The molecule has 1 aliphatic heterocycles. The predicted molar refractivity (Wildman–Crippen MR) is 106 cm³/mol. The Hall–Kier alpha value is -0.120. The van der Waals surface area contributed by atoms with E-state index >= 15 is 0 Å². The van der Waals surface area contributed by atoms with E-state index in [0.29, 0.717) is 6.61 Å². The molecule has 1 unspecified atom stereocenters. The van der Waals surface area contributed by atoms with E-state index in [1.165, 1.54) is 96.8 Å². The van der Waals surface area contributed by atoms with E-state index in [2.05, 4.69) is 23.6 Å². The van der Waals surface area contributed by atoms with E-state index in [1.54, 1.807) is 0 Å². The highest BCUT2D eigenvalue weighted by Crippen LogP contribution is 2.19. The van der Waals surface area contributed by atoms with Crippen molar-refractivity contribution in [3.05, 3.63) is 0 Å². The first-order chi connectivity index (χ1) is 11.8. The smallest absolute Gasteiger partial charge is 0.0443 e. The Morgan fingerprint density at radius 3 is 1.79 bits per heavy atom. The number of aliphatic hydroxyl groups is 1. The molecular weight excluding hydrogens is 296 g/mol. The minimum absolute atomic E-state index is 0.331. The highest BCUT2D eigenvalue weighted by atomic mass is 16.3. The molecule has 1 atom stereocenters. The van der Waals surface area contributed by atoms with Gasteiger partial charge in [-0.15, -0.1) is 0 Å². The number of unbranched alkanes of at least 4 members (excludes halogenated alkanes) is 7. The van der Waals surface area contributed by atoms with Crippen LogP contribution in [0.15, 0.2) is 0 Å². The fourth-order valence-corrected chi connectivity index (χ4v) is 3.95. The standard InChI is InChI=1S/C21H44N2O/c1-3-5-7-9-11-14-21(13-10-8-6-4-2)23-18-16-22(17-19-23)15-12-20-24/h21,24H,3-20H2,1-2H3. The van der Waals surface area contributed by atoms with Gasteiger partial charge in [0.05, 0.1) is 0 Å². The Kier molecular flexibility index (Phi) is 13.8. The van der Waals surface area contributed by atoms with E-state index in [-0.39, 0.29) is 0 Å². The van der Waals surface area contributed by atoms with Gasteiger partial charge < -0.3 is 10.0 Å². The topological polar surface area (TPSA) is 26.7 Å². The average molecular weight is 341 g/mol. The van der Waals surface area contributed by atoms with Gasteiger partial charge >= 0.3 is 0 Å². The van der Waals surface area contributed by atoms with Gasteiger partial charge in [-0.1, -0.05) is 71.6 Å². The second-order valence-corrected chi connectivity index (χ2v) is 7.66. The monoisotopic (exact) mass is 340 g/mol. The molecule has 24 heavy (non-hydrogen) atoms. The molecule has 1 saturated heterocycles. The Balaban J connectivity index is 2.31. The van der Waals surface area contributed by atoms with Gasteiger partial charge in [0.2, 0.25) is 0 Å². The van der Waals surface area contributed by atoms with Crippen LogP contribution < -0.4 is 0 Å². The molecule has 0 radical (unpaired) electrons. The first-order valence-electron chi connectivity index (χ1n) is 10.9. The summed E-state index contributed by atoms with van der Waals surface area (Å²) in [5.41, 5.74) is 0. The van der Waals surface area contributed by atoms with E-state index < -0.39 is 0 Å². The van der Waals surface area contributed by atoms with Crippen LogP contribution in [0.1, 0.15) is 90.9 Å². The first-order valence-corrected chi connectivity index (χ1v) is 10.9. The van der Waals surface area contributed by atoms with Crippen LogP contribution in [-0.2, 0) is 0 Å². The van der Waals surface area contributed by atoms with Crippen molar-refractivity contribution in [2.45, 2.75) is 96.9 Å². The third-order valence-corrected chi connectivity index (χ3v) is 5.59. The maximum absolute atomic E-state index is 9.00. The van der Waals surface area contributed by atoms with Gasteiger partial charge in [0.1, 0.15) is 0 Å². The molecule has 0 amide bonds. The summed E-state index contributed by atoms with van der Waals surface area (Å²) in [5.74, 6) is 0. The normalized spacial score (nSPS) is 18.1. The minimum Gasteiger partial charge on any atom is -0.396 e. The quantitative estimate of drug-likeness (QED) is 0.438. The Labute approximate surface area is 151 Å². The summed E-state index contributed by atoms with van der Waals surface area (Å²) >= 11 is 0. The lowest BCUT2D eigenvalue weighted by atomic mass is 9.98. The average Bonchev–Trinajstić information content (AvgIpc) is 2.62. The number of piperazine rings is 1. The van der Waals surface area contributed by atoms with E-state index in [0.717, 1.165) is 19.0 Å². The van der Waals surface area contributed by atoms with Crippen molar-refractivity contribution in [2.75, 3.05) is 39.3 Å². The van der Waals surface area contributed by atoms with Crippen LogP contribution in [0.3, 0.4) is 0 Å². The third kappa shape index (κ3) is 10.0. The SMILES string of the molecule is CCCCCCCC(CCCCCC)N1CCN(CCCO)CC1. The molecule has 0 aromatic rings. The minimum atomic E-state index is 0.331. The van der Waals surface area contributed by atoms with Gasteiger partial charge in [0.25, 0.3) is 0 Å². The van der Waals surface area contributed by atoms with Crippen LogP contribution in [0.5, 0.6) is 0 Å². The van der Waals surface area contributed by atoms with Crippen LogP contribution in [0.25, 0.3) is 0 Å². The van der Waals surface area contributed by atoms with Gasteiger partial charge in [-0.25, -0.2) is 0 Å². The van der Waals surface area contributed by atoms with Crippen LogP contribution in [0.2, 0.25) is 0 Å². The summed E-state index contributed by atoms with van der Waals surface area (Å²) < 4.78 is 0. The van der Waals surface area contributed by atoms with Gasteiger partial charge in [-0.2, -0.15) is 0 Å². The molecule has 0 bridgehead atoms. The van der Waals surface area contributed by atoms with Crippen LogP contribution in [0, 0.1) is 0 Å². The Morgan fingerprint density at radius 1 is 0.708 bits per heavy atom. The second kappa shape index (κ2) is 15.2. The molecule has 144 valence electrons. The summed E-state index contributed by atoms with van der Waals surface area (Å²) in [6.07, 6.45) is 16.3. The number of hydrogen-bond donors (Lipinski definition) is 1. The largest absolute Gasteiger partial charge is 0.396 e. The Morgan fingerprint density at radius 2 is 1.25 bits per heavy atom. The van der Waals surface area contributed by atoms with E-state index in [1.807, 2.05) is 0 Å². The number of rotatable bonds is 15. The highest BCUT2D eigenvalue weighted by Gasteiger charge is 2.22. The number of nitrogens with zero attached hydrogens (tertiary/aromatic N) is 2. The summed E-state index contributed by atoms with van der Waals surface area (Å²) in [4.78, 5) is 5.31. The van der Waals surface area contributed by atoms with Crippen molar-refractivity contribution in [1.82, 2.24) is 9.80 Å². The van der Waals surface area contributed by atoms with Gasteiger partial charge in [-0.3, -0.25) is 4.90 Å². The van der Waals surface area contributed by atoms with Gasteiger partial charge in [-0.05, 0) is 19.3 Å². The molecule has 0 spiro atoms. The number of hydrogen-bond acceptors (Lipinski definition) is 3. The molecule has 1 fully saturated rings. The summed E-state index contributed by atoms with van der Waals surface area (Å²) in [7, 11) is 0. The lowest BCUT2D eigenvalue weighted by molar-refractivity contribution is 0.0818. The van der Waals surface area contributed by atoms with E-state index in [4.69, 9.17) is 5.11 Å². The second-order valence-electron chi connectivity index (χ2n) is 7.66. The van der Waals surface area contributed by atoms with Crippen molar-refractivity contribution < 1.29 is 5.11 Å². The molecule has 1 rings (SSSR count). The molecule has 0 aliphatic carbocycles. The first kappa shape index (κ1) is 21.9. The van der Waals surface area contributed by atoms with Crippen molar-refractivity contribution in [2.24, 2.45) is 0 Å². The number of aliphatic hydroxyl groups excluding tert-OH is 1. The molecule has 0 aromatic carbocycles. The summed E-state index contributed by atoms with van der Waals surface area (Å²) in [6.45, 7) is 10.9. The molecule has 3 nitrogen and oxygen atoms in total. The highest BCUT2D eigenvalue weighted by molar-refractivity contribution is 4.79. The summed E-state index contributed by atoms with van der Waals surface area (Å²) in [6, 6.07) is 0.823. The molecule has 0 saturated carbocycles. The van der Waals surface area contributed by atoms with Crippen molar-refractivity contribution in [3.63, 3.8) is 0 Å². The Bertz CT molecular complexity index is 265. The predicted octanol–water partition coefficient (Wildman–Crippen LogP) is 4.69. The molecule has 1 aliphatic rings. The maximum atomic E-state index is 9.00. The summed E-state index contributed by atoms with van der Waals surface area (Å²) in [5, 5.41) is 9.00. The zero-order valence-corrected chi connectivity index (χ0v) is 16.6. The molecule has 0 aromatic heterocycles. The lowest BCUT2D eigenvalue weighted by Crippen LogP contribution is -2.50. The lowest BCUT2D eigenvalue weighted by Gasteiger charge is -2.39. The molecular formula is C21H44N2O. The van der Waals surface area contributed by atoms with Crippen LogP contribution in [0.4, 0.5) is 0 Å². The molecule has 1 heterocycles. The van der Waals surface area contributed by atoms with Crippen molar-refractivity contribution in [3.8, 4) is 0 Å².